The van der Waals surface area contributed by atoms with Gasteiger partial charge in [0.05, 0.1) is 19.3 Å². The summed E-state index contributed by atoms with van der Waals surface area (Å²) in [6.07, 6.45) is -4.15. The molecule has 0 radical (unpaired) electrons. The maximum atomic E-state index is 15.8. The molecule has 0 saturated carbocycles. The molecule has 2 aromatic rings. The number of alkyl halides is 1. The average molecular weight is 614 g/mol. The van der Waals surface area contributed by atoms with Gasteiger partial charge in [0.2, 0.25) is 5.91 Å². The van der Waals surface area contributed by atoms with Crippen molar-refractivity contribution >= 4 is 25.4 Å². The fourth-order valence-corrected chi connectivity index (χ4v) is 5.49. The minimum atomic E-state index is -4.34. The van der Waals surface area contributed by atoms with Gasteiger partial charge in [0, 0.05) is 6.20 Å². The Labute approximate surface area is 242 Å². The first kappa shape index (κ1) is 33.3. The molecule has 1 fully saturated rings. The maximum Gasteiger partial charge on any atom is 0.459 e. The minimum absolute atomic E-state index is 0.0442. The molecule has 3 rings (SSSR count). The highest BCUT2D eigenvalue weighted by Crippen LogP contribution is 2.47. The zero-order valence-electron chi connectivity index (χ0n) is 24.2. The largest absolute Gasteiger partial charge is 0.462 e. The fraction of sp³-hybridized carbons (Fsp3) is 0.538. The number of hydrogen-bond donors (Lipinski definition) is 3. The highest BCUT2D eigenvalue weighted by molar-refractivity contribution is 7.52. The summed E-state index contributed by atoms with van der Waals surface area (Å²) in [5.41, 5.74) is -3.46. The highest BCUT2D eigenvalue weighted by atomic mass is 31.2. The molecule has 1 aliphatic heterocycles. The van der Waals surface area contributed by atoms with Crippen molar-refractivity contribution in [3.05, 3.63) is 53.1 Å². The predicted molar refractivity (Wildman–Crippen MR) is 150 cm³/mol. The number of carbonyl (C=O) groups excluding carboxylic acids is 2. The number of para-hydroxylation sites is 1. The quantitative estimate of drug-likeness (QED) is 0.222. The molecule has 3 N–H and O–H groups in total. The molecule has 1 amide bonds. The summed E-state index contributed by atoms with van der Waals surface area (Å²) in [5, 5.41) is 15.7. The minimum Gasteiger partial charge on any atom is -0.462 e. The molecular formula is C26H37FN5O9P. The Morgan fingerprint density at radius 3 is 2.50 bits per heavy atom. The first-order valence-electron chi connectivity index (χ1n) is 13.1. The van der Waals surface area contributed by atoms with Crippen LogP contribution in [-0.4, -0.2) is 88.7 Å². The summed E-state index contributed by atoms with van der Waals surface area (Å²) >= 11 is 0. The van der Waals surface area contributed by atoms with Gasteiger partial charge in [-0.2, -0.15) is 10.1 Å². The molecule has 1 aromatic carbocycles. The number of esters is 1. The van der Waals surface area contributed by atoms with Crippen LogP contribution in [0.3, 0.4) is 0 Å². The molecule has 42 heavy (non-hydrogen) atoms. The maximum absolute atomic E-state index is 15.8. The monoisotopic (exact) mass is 613 g/mol. The van der Waals surface area contributed by atoms with E-state index in [4.69, 9.17) is 18.5 Å². The van der Waals surface area contributed by atoms with Crippen LogP contribution in [0.25, 0.3) is 0 Å². The van der Waals surface area contributed by atoms with Gasteiger partial charge in [-0.1, -0.05) is 18.2 Å². The van der Waals surface area contributed by atoms with Crippen molar-refractivity contribution in [2.24, 2.45) is 0 Å². The van der Waals surface area contributed by atoms with Crippen LogP contribution in [0, 0.1) is 0 Å². The zero-order valence-corrected chi connectivity index (χ0v) is 25.1. The van der Waals surface area contributed by atoms with Crippen molar-refractivity contribution < 1.29 is 42.2 Å². The number of carbonyl (C=O) groups is 2. The van der Waals surface area contributed by atoms with Crippen LogP contribution < -0.4 is 20.6 Å². The first-order chi connectivity index (χ1) is 19.6. The lowest BCUT2D eigenvalue weighted by atomic mass is 9.98. The van der Waals surface area contributed by atoms with Gasteiger partial charge in [0.1, 0.15) is 29.8 Å². The molecule has 1 saturated heterocycles. The molecule has 232 valence electrons. The van der Waals surface area contributed by atoms with Gasteiger partial charge in [-0.15, -0.1) is 0 Å². The van der Waals surface area contributed by atoms with Crippen LogP contribution in [-0.2, 0) is 28.2 Å². The Balaban J connectivity index is 1.77. The van der Waals surface area contributed by atoms with Crippen LogP contribution in [0.2, 0.25) is 0 Å². The molecular weight excluding hydrogens is 576 g/mol. The molecule has 1 aromatic heterocycles. The highest BCUT2D eigenvalue weighted by Gasteiger charge is 2.56. The standard InChI is InChI=1S/C26H37FN5O9P/c1-16(2)39-23(35)17(3)30-42(37,41-18-10-8-7-9-11-18)38-15-19-22(34)26(4,27)24(40-19)32-13-12-20(29-25(32)36)28-21(33)14-31(5)6/h7-13,16-17,19,22,24,34H,14-15H2,1-6H3,(H,30,37)(H,28,29,33,36)/t17-,19?,22+,24+,26+,42?/m0/s1. The van der Waals surface area contributed by atoms with Gasteiger partial charge >= 0.3 is 19.4 Å². The number of benzene rings is 1. The third-order valence-electron chi connectivity index (χ3n) is 5.96. The van der Waals surface area contributed by atoms with Gasteiger partial charge in [0.25, 0.3) is 0 Å². The van der Waals surface area contributed by atoms with E-state index in [1.807, 2.05) is 0 Å². The zero-order chi connectivity index (χ0) is 31.2. The number of aliphatic hydroxyl groups is 1. The number of rotatable bonds is 13. The van der Waals surface area contributed by atoms with Crippen LogP contribution in [0.5, 0.6) is 5.75 Å². The Bertz CT molecular complexity index is 1340. The second-order valence-corrected chi connectivity index (χ2v) is 12.1. The van der Waals surface area contributed by atoms with Gasteiger partial charge < -0.3 is 29.3 Å². The van der Waals surface area contributed by atoms with E-state index in [1.165, 1.54) is 31.3 Å². The Hall–Kier alpha value is -3.20. The van der Waals surface area contributed by atoms with Crippen molar-refractivity contribution in [3.8, 4) is 5.75 Å². The van der Waals surface area contributed by atoms with E-state index in [9.17, 15) is 24.1 Å². The van der Waals surface area contributed by atoms with E-state index < -0.39 is 68.2 Å². The number of halogens is 1. The number of likely N-dealkylation sites (N-methyl/N-ethyl adjacent to an activating group) is 1. The van der Waals surface area contributed by atoms with E-state index >= 15 is 4.39 Å². The number of aromatic nitrogens is 2. The number of aliphatic hydroxyl groups excluding tert-OH is 1. The van der Waals surface area contributed by atoms with Crippen molar-refractivity contribution in [3.63, 3.8) is 0 Å². The van der Waals surface area contributed by atoms with Crippen molar-refractivity contribution in [2.45, 2.75) is 63.9 Å². The molecule has 6 atom stereocenters. The fourth-order valence-electron chi connectivity index (χ4n) is 3.99. The summed E-state index contributed by atoms with van der Waals surface area (Å²) < 4.78 is 52.2. The molecule has 14 nitrogen and oxygen atoms in total. The second kappa shape index (κ2) is 13.8. The number of amides is 1. The molecule has 2 unspecified atom stereocenters. The lowest BCUT2D eigenvalue weighted by Crippen LogP contribution is -2.43. The number of hydrogen-bond acceptors (Lipinski definition) is 11. The summed E-state index contributed by atoms with van der Waals surface area (Å²) in [6.45, 7) is 5.14. The number of ether oxygens (including phenoxy) is 2. The summed E-state index contributed by atoms with van der Waals surface area (Å²) in [4.78, 5) is 42.4. The van der Waals surface area contributed by atoms with Gasteiger partial charge in [0.15, 0.2) is 11.9 Å². The third kappa shape index (κ3) is 8.66. The van der Waals surface area contributed by atoms with E-state index in [-0.39, 0.29) is 18.1 Å². The average Bonchev–Trinajstić information content (AvgIpc) is 3.10. The topological polar surface area (TPSA) is 171 Å². The predicted octanol–water partition coefficient (Wildman–Crippen LogP) is 1.86. The van der Waals surface area contributed by atoms with E-state index in [0.29, 0.717) is 0 Å². The van der Waals surface area contributed by atoms with Crippen LogP contribution in [0.15, 0.2) is 47.4 Å². The molecule has 0 spiro atoms. The summed E-state index contributed by atoms with van der Waals surface area (Å²) in [5.74, 6) is -1.02. The second-order valence-electron chi connectivity index (χ2n) is 10.4. The Morgan fingerprint density at radius 1 is 1.24 bits per heavy atom. The molecule has 0 bridgehead atoms. The van der Waals surface area contributed by atoms with E-state index in [2.05, 4.69) is 15.4 Å². The summed E-state index contributed by atoms with van der Waals surface area (Å²) in [6, 6.07) is 8.15. The van der Waals surface area contributed by atoms with Crippen LogP contribution >= 0.6 is 7.75 Å². The number of nitrogens with zero attached hydrogens (tertiary/aromatic N) is 3. The van der Waals surface area contributed by atoms with Gasteiger partial charge in [-0.05, 0) is 60.0 Å². The number of anilines is 1. The van der Waals surface area contributed by atoms with Crippen molar-refractivity contribution in [1.82, 2.24) is 19.5 Å². The van der Waals surface area contributed by atoms with E-state index in [1.54, 1.807) is 51.0 Å². The SMILES string of the molecule is CC(C)OC(=O)[C@H](C)NP(=O)(OCC1O[C@@H](n2ccc(NC(=O)CN(C)C)nc2=O)[C@](C)(F)[C@@H]1O)Oc1ccccc1. The normalized spacial score (nSPS) is 24.3. The molecule has 2 heterocycles. The van der Waals surface area contributed by atoms with Gasteiger partial charge in [-0.3, -0.25) is 18.7 Å². The van der Waals surface area contributed by atoms with Crippen LogP contribution in [0.1, 0.15) is 33.9 Å². The number of nitrogens with one attached hydrogen (secondary N) is 2. The Morgan fingerprint density at radius 2 is 1.90 bits per heavy atom. The first-order valence-corrected chi connectivity index (χ1v) is 14.7. The van der Waals surface area contributed by atoms with Crippen molar-refractivity contribution in [2.75, 3.05) is 32.6 Å². The van der Waals surface area contributed by atoms with E-state index in [0.717, 1.165) is 11.5 Å². The Kier molecular flexibility index (Phi) is 11.0. The lowest BCUT2D eigenvalue weighted by molar-refractivity contribution is -0.149. The van der Waals surface area contributed by atoms with Crippen molar-refractivity contribution in [1.29, 1.82) is 0 Å². The molecule has 0 aliphatic carbocycles. The molecule has 1 aliphatic rings. The summed E-state index contributed by atoms with van der Waals surface area (Å²) in [7, 11) is -0.947. The van der Waals surface area contributed by atoms with Crippen LogP contribution in [0.4, 0.5) is 10.2 Å². The smallest absolute Gasteiger partial charge is 0.459 e. The lowest BCUT2D eigenvalue weighted by Gasteiger charge is -2.25. The van der Waals surface area contributed by atoms with Gasteiger partial charge in [-0.25, -0.2) is 13.8 Å². The third-order valence-corrected chi connectivity index (χ3v) is 7.61. The molecule has 16 heteroatoms.